The van der Waals surface area contributed by atoms with Gasteiger partial charge in [0, 0.05) is 29.6 Å². The molecule has 36 heavy (non-hydrogen) atoms. The number of carbonyl (C=O) groups excluding carboxylic acids is 3. The smallest absolute Gasteiger partial charge is 0.170 e. The average Bonchev–Trinajstić information content (AvgIpc) is 3.00. The first-order chi connectivity index (χ1) is 16.3. The molecular formula is C29H44O7. The summed E-state index contributed by atoms with van der Waals surface area (Å²) in [6.07, 6.45) is 1.48. The molecule has 0 amide bonds. The molecule has 0 heterocycles. The fourth-order valence-corrected chi connectivity index (χ4v) is 8.76. The van der Waals surface area contributed by atoms with E-state index in [1.54, 1.807) is 13.8 Å². The largest absolute Gasteiger partial charge is 0.393 e. The Labute approximate surface area is 214 Å². The highest BCUT2D eigenvalue weighted by atomic mass is 16.3. The summed E-state index contributed by atoms with van der Waals surface area (Å²) in [5.74, 6) is -1.94. The molecule has 3 saturated carbocycles. The van der Waals surface area contributed by atoms with Gasteiger partial charge in [0.2, 0.25) is 0 Å². The summed E-state index contributed by atoms with van der Waals surface area (Å²) >= 11 is 0. The van der Waals surface area contributed by atoms with Crippen molar-refractivity contribution < 1.29 is 34.8 Å². The summed E-state index contributed by atoms with van der Waals surface area (Å²) in [7, 11) is 0. The number of aliphatic hydroxyl groups is 4. The molecule has 202 valence electrons. The lowest BCUT2D eigenvalue weighted by atomic mass is 9.42. The number of fused-ring (bicyclic) bond motifs is 5. The van der Waals surface area contributed by atoms with Gasteiger partial charge in [-0.2, -0.15) is 0 Å². The van der Waals surface area contributed by atoms with Crippen molar-refractivity contribution in [3.05, 3.63) is 11.6 Å². The van der Waals surface area contributed by atoms with Crippen LogP contribution in [0.1, 0.15) is 87.0 Å². The Bertz CT molecular complexity index is 1000. The minimum Gasteiger partial charge on any atom is -0.393 e. The molecule has 9 atom stereocenters. The van der Waals surface area contributed by atoms with Gasteiger partial charge >= 0.3 is 0 Å². The number of carbonyl (C=O) groups is 3. The molecule has 0 radical (unpaired) electrons. The van der Waals surface area contributed by atoms with E-state index in [1.165, 1.54) is 6.92 Å². The summed E-state index contributed by atoms with van der Waals surface area (Å²) in [5.41, 5.74) is -4.38. The fourth-order valence-electron chi connectivity index (χ4n) is 8.76. The summed E-state index contributed by atoms with van der Waals surface area (Å²) < 4.78 is 0. The van der Waals surface area contributed by atoms with Crippen LogP contribution in [0.3, 0.4) is 0 Å². The van der Waals surface area contributed by atoms with Gasteiger partial charge in [0.1, 0.15) is 17.5 Å². The van der Waals surface area contributed by atoms with Gasteiger partial charge in [-0.15, -0.1) is 0 Å². The Morgan fingerprint density at radius 3 is 2.22 bits per heavy atom. The lowest BCUT2D eigenvalue weighted by Gasteiger charge is -2.60. The van der Waals surface area contributed by atoms with Crippen molar-refractivity contribution in [2.45, 2.75) is 110 Å². The van der Waals surface area contributed by atoms with E-state index in [-0.39, 0.29) is 55.0 Å². The van der Waals surface area contributed by atoms with Crippen molar-refractivity contribution >= 4 is 17.3 Å². The average molecular weight is 505 g/mol. The maximum atomic E-state index is 14.1. The zero-order valence-electron chi connectivity index (χ0n) is 22.8. The van der Waals surface area contributed by atoms with Crippen molar-refractivity contribution in [2.24, 2.45) is 39.9 Å². The molecule has 0 bridgehead atoms. The molecule has 0 aliphatic heterocycles. The Morgan fingerprint density at radius 1 is 1.03 bits per heavy atom. The molecule has 0 aromatic rings. The third kappa shape index (κ3) is 3.79. The first kappa shape index (κ1) is 27.6. The van der Waals surface area contributed by atoms with E-state index in [9.17, 15) is 34.8 Å². The summed E-state index contributed by atoms with van der Waals surface area (Å²) in [6.45, 7) is 12.2. The molecule has 0 aromatic carbocycles. The molecule has 4 rings (SSSR count). The number of hydrogen-bond donors (Lipinski definition) is 4. The second-order valence-electron chi connectivity index (χ2n) is 14.0. The van der Waals surface area contributed by atoms with Crippen LogP contribution in [0.4, 0.5) is 0 Å². The molecule has 0 spiro atoms. The van der Waals surface area contributed by atoms with Crippen molar-refractivity contribution in [2.75, 3.05) is 0 Å². The Balaban J connectivity index is 1.71. The van der Waals surface area contributed by atoms with Gasteiger partial charge in [-0.3, -0.25) is 14.4 Å². The maximum Gasteiger partial charge on any atom is 0.170 e. The summed E-state index contributed by atoms with van der Waals surface area (Å²) in [4.78, 5) is 40.0. The molecule has 4 aliphatic carbocycles. The zero-order chi connectivity index (χ0) is 27.2. The van der Waals surface area contributed by atoms with Crippen molar-refractivity contribution in [3.63, 3.8) is 0 Å². The van der Waals surface area contributed by atoms with Crippen LogP contribution in [-0.4, -0.2) is 61.2 Å². The SMILES string of the molecule is CC(C)(O)CCC(=O)[C@](C)(O)C1[C@H](O)CC2C3CC=C4C(C[C@H](O)C(=O)C4(C)C)[C@]3(C)C(=O)C[C@@]21C. The highest BCUT2D eigenvalue weighted by molar-refractivity contribution is 5.94. The molecule has 4 N–H and O–H groups in total. The van der Waals surface area contributed by atoms with Crippen LogP contribution in [0.15, 0.2) is 11.6 Å². The van der Waals surface area contributed by atoms with Crippen LogP contribution in [0.25, 0.3) is 0 Å². The van der Waals surface area contributed by atoms with Gasteiger partial charge < -0.3 is 20.4 Å². The summed E-state index contributed by atoms with van der Waals surface area (Å²) in [5, 5.41) is 43.5. The summed E-state index contributed by atoms with van der Waals surface area (Å²) in [6, 6.07) is 0. The van der Waals surface area contributed by atoms with E-state index in [0.717, 1.165) is 5.57 Å². The highest BCUT2D eigenvalue weighted by Gasteiger charge is 2.70. The third-order valence-corrected chi connectivity index (χ3v) is 10.8. The van der Waals surface area contributed by atoms with Crippen molar-refractivity contribution in [3.8, 4) is 0 Å². The van der Waals surface area contributed by atoms with Crippen LogP contribution in [0.5, 0.6) is 0 Å². The van der Waals surface area contributed by atoms with E-state index < -0.39 is 51.4 Å². The number of rotatable bonds is 5. The Kier molecular flexibility index (Phi) is 6.36. The number of allylic oxidation sites excluding steroid dienone is 2. The predicted octanol–water partition coefficient (Wildman–Crippen LogP) is 2.76. The quantitative estimate of drug-likeness (QED) is 0.423. The number of aliphatic hydroxyl groups excluding tert-OH is 2. The predicted molar refractivity (Wildman–Crippen MR) is 134 cm³/mol. The van der Waals surface area contributed by atoms with E-state index in [0.29, 0.717) is 12.8 Å². The minimum absolute atomic E-state index is 0.0121. The van der Waals surface area contributed by atoms with Crippen LogP contribution in [0.2, 0.25) is 0 Å². The standard InChI is InChI=1S/C29H44O7/c1-25(2,35)11-10-21(32)29(7,36)23-19(30)12-17-16-9-8-15-18(13-20(31)24(34)26(15,3)4)28(16,6)22(33)14-27(17,23)5/h8,16-20,23,30-31,35-36H,9-14H2,1-7H3/t16?,17?,18?,19-,20+,23?,27+,28-,29+/m1/s1. The van der Waals surface area contributed by atoms with Crippen molar-refractivity contribution in [1.29, 1.82) is 0 Å². The molecule has 4 unspecified atom stereocenters. The van der Waals surface area contributed by atoms with Crippen LogP contribution >= 0.6 is 0 Å². The van der Waals surface area contributed by atoms with E-state index in [4.69, 9.17) is 0 Å². The number of Topliss-reactive ketones (excluding diaryl/α,β-unsaturated/α-hetero) is 3. The minimum atomic E-state index is -1.84. The molecule has 7 nitrogen and oxygen atoms in total. The van der Waals surface area contributed by atoms with E-state index in [2.05, 4.69) is 6.08 Å². The zero-order valence-corrected chi connectivity index (χ0v) is 22.8. The fraction of sp³-hybridized carbons (Fsp3) is 0.828. The first-order valence-electron chi connectivity index (χ1n) is 13.4. The molecule has 0 aromatic heterocycles. The van der Waals surface area contributed by atoms with Gasteiger partial charge in [-0.1, -0.05) is 25.5 Å². The highest BCUT2D eigenvalue weighted by Crippen LogP contribution is 2.68. The van der Waals surface area contributed by atoms with Crippen LogP contribution < -0.4 is 0 Å². The normalized spacial score (nSPS) is 43.7. The number of ketones is 3. The van der Waals surface area contributed by atoms with Crippen LogP contribution in [0, 0.1) is 39.9 Å². The number of hydrogen-bond acceptors (Lipinski definition) is 7. The third-order valence-electron chi connectivity index (χ3n) is 10.8. The van der Waals surface area contributed by atoms with E-state index >= 15 is 0 Å². The monoisotopic (exact) mass is 504 g/mol. The van der Waals surface area contributed by atoms with Crippen LogP contribution in [-0.2, 0) is 14.4 Å². The van der Waals surface area contributed by atoms with Gasteiger partial charge in [-0.05, 0) is 83.5 Å². The van der Waals surface area contributed by atoms with Gasteiger partial charge in [0.05, 0.1) is 11.7 Å². The van der Waals surface area contributed by atoms with Crippen molar-refractivity contribution in [1.82, 2.24) is 0 Å². The molecule has 3 fully saturated rings. The van der Waals surface area contributed by atoms with Gasteiger partial charge in [-0.25, -0.2) is 0 Å². The van der Waals surface area contributed by atoms with E-state index in [1.807, 2.05) is 27.7 Å². The molecule has 4 aliphatic rings. The Morgan fingerprint density at radius 2 is 1.64 bits per heavy atom. The van der Waals surface area contributed by atoms with Gasteiger partial charge in [0.25, 0.3) is 0 Å². The lowest BCUT2D eigenvalue weighted by Crippen LogP contribution is -2.62. The Hall–Kier alpha value is -1.41. The lowest BCUT2D eigenvalue weighted by molar-refractivity contribution is -0.171. The van der Waals surface area contributed by atoms with Gasteiger partial charge in [0.15, 0.2) is 11.6 Å². The topological polar surface area (TPSA) is 132 Å². The molecule has 0 saturated heterocycles. The maximum absolute atomic E-state index is 14.1. The second kappa shape index (κ2) is 8.29. The molecular weight excluding hydrogens is 460 g/mol. The molecule has 7 heteroatoms. The second-order valence-corrected chi connectivity index (χ2v) is 14.0. The first-order valence-corrected chi connectivity index (χ1v) is 13.4.